The largest absolute Gasteiger partial charge is 0.347 e. The van der Waals surface area contributed by atoms with E-state index in [1.54, 1.807) is 0 Å². The van der Waals surface area contributed by atoms with E-state index in [9.17, 15) is 4.79 Å². The van der Waals surface area contributed by atoms with Crippen LogP contribution in [0.5, 0.6) is 0 Å². The average Bonchev–Trinajstić information content (AvgIpc) is 3.40. The van der Waals surface area contributed by atoms with Crippen molar-refractivity contribution in [2.24, 2.45) is 0 Å². The van der Waals surface area contributed by atoms with Crippen molar-refractivity contribution in [1.29, 1.82) is 0 Å². The molecule has 30 heavy (non-hydrogen) atoms. The molecule has 0 bridgehead atoms. The monoisotopic (exact) mass is 425 g/mol. The number of ether oxygens (including phenoxy) is 2. The fraction of sp³-hybridized carbons (Fsp3) is 0.391. The van der Waals surface area contributed by atoms with Crippen LogP contribution in [-0.2, 0) is 14.3 Å². The lowest BCUT2D eigenvalue weighted by Crippen LogP contribution is -2.47. The molecular weight excluding hydrogens is 402 g/mol. The number of pyridine rings is 1. The second-order valence-corrected chi connectivity index (χ2v) is 8.35. The zero-order valence-electron chi connectivity index (χ0n) is 16.7. The highest BCUT2D eigenvalue weighted by Gasteiger charge is 2.41. The van der Waals surface area contributed by atoms with Gasteiger partial charge in [-0.2, -0.15) is 0 Å². The first-order valence-electron chi connectivity index (χ1n) is 10.4. The van der Waals surface area contributed by atoms with E-state index in [2.05, 4.69) is 17.1 Å². The number of amides is 1. The van der Waals surface area contributed by atoms with Crippen LogP contribution in [0.4, 0.5) is 0 Å². The molecule has 1 spiro atoms. The Morgan fingerprint density at radius 3 is 2.57 bits per heavy atom. The third kappa shape index (κ3) is 3.71. The van der Waals surface area contributed by atoms with E-state index in [0.29, 0.717) is 37.7 Å². The minimum Gasteiger partial charge on any atom is -0.347 e. The Morgan fingerprint density at radius 1 is 1.10 bits per heavy atom. The maximum absolute atomic E-state index is 13.3. The van der Waals surface area contributed by atoms with Crippen LogP contribution in [-0.4, -0.2) is 52.3 Å². The highest BCUT2D eigenvalue weighted by Crippen LogP contribution is 2.34. The van der Waals surface area contributed by atoms with Crippen LogP contribution >= 0.6 is 11.6 Å². The van der Waals surface area contributed by atoms with Gasteiger partial charge in [0.25, 0.3) is 0 Å². The number of piperidine rings is 1. The summed E-state index contributed by atoms with van der Waals surface area (Å²) in [6.07, 6.45) is 5.53. The van der Waals surface area contributed by atoms with Gasteiger partial charge in [0.2, 0.25) is 5.91 Å². The number of nitrogens with zero attached hydrogens (tertiary/aromatic N) is 3. The van der Waals surface area contributed by atoms with E-state index in [1.165, 1.54) is 0 Å². The van der Waals surface area contributed by atoms with Gasteiger partial charge in [-0.15, -0.1) is 0 Å². The number of benzene rings is 1. The van der Waals surface area contributed by atoms with Gasteiger partial charge in [0, 0.05) is 50.7 Å². The lowest BCUT2D eigenvalue weighted by Gasteiger charge is -2.38. The molecule has 2 aliphatic heterocycles. The number of carbonyl (C=O) groups excluding carboxylic acids is 1. The molecule has 4 heterocycles. The number of fused-ring (bicyclic) bond motifs is 1. The van der Waals surface area contributed by atoms with E-state index in [4.69, 9.17) is 21.1 Å². The van der Waals surface area contributed by atoms with Crippen LogP contribution in [0.2, 0.25) is 5.02 Å². The molecular formula is C23H24ClN3O3. The van der Waals surface area contributed by atoms with Gasteiger partial charge in [-0.1, -0.05) is 41.9 Å². The Balaban J connectivity index is 1.40. The minimum absolute atomic E-state index is 0.109. The standard InChI is InChI=1S/C23H24ClN3O3/c24-18-6-7-21-25-15-20(27(21)16-18)19(17-4-2-1-3-5-17)14-22(28)26-10-8-23(9-11-26)29-12-13-30-23/h1-7,15-16,19H,8-14H2. The summed E-state index contributed by atoms with van der Waals surface area (Å²) in [7, 11) is 0. The van der Waals surface area contributed by atoms with E-state index in [0.717, 1.165) is 29.7 Å². The molecule has 6 nitrogen and oxygen atoms in total. The predicted molar refractivity (Wildman–Crippen MR) is 114 cm³/mol. The Kier molecular flexibility index (Phi) is 5.23. The predicted octanol–water partition coefficient (Wildman–Crippen LogP) is 3.88. The summed E-state index contributed by atoms with van der Waals surface area (Å²) < 4.78 is 13.6. The SMILES string of the molecule is O=C(CC(c1ccccc1)c1cnc2ccc(Cl)cn12)N1CCC2(CC1)OCCO2. The summed E-state index contributed by atoms with van der Waals surface area (Å²) >= 11 is 6.24. The number of imidazole rings is 1. The van der Waals surface area contributed by atoms with Crippen molar-refractivity contribution in [3.8, 4) is 0 Å². The molecule has 2 aromatic heterocycles. The van der Waals surface area contributed by atoms with Gasteiger partial charge in [-0.3, -0.25) is 4.79 Å². The van der Waals surface area contributed by atoms with E-state index in [1.807, 2.05) is 52.0 Å². The van der Waals surface area contributed by atoms with Crippen molar-refractivity contribution in [2.45, 2.75) is 31.0 Å². The van der Waals surface area contributed by atoms with Crippen LogP contribution in [0.15, 0.2) is 54.9 Å². The lowest BCUT2D eigenvalue weighted by atomic mass is 9.91. The summed E-state index contributed by atoms with van der Waals surface area (Å²) in [4.78, 5) is 19.7. The van der Waals surface area contributed by atoms with Crippen LogP contribution in [0, 0.1) is 0 Å². The fourth-order valence-corrected chi connectivity index (χ4v) is 4.66. The molecule has 1 unspecified atom stereocenters. The molecule has 5 rings (SSSR count). The zero-order chi connectivity index (χ0) is 20.6. The summed E-state index contributed by atoms with van der Waals surface area (Å²) in [5, 5.41) is 0.637. The lowest BCUT2D eigenvalue weighted by molar-refractivity contribution is -0.187. The molecule has 0 N–H and O–H groups in total. The Morgan fingerprint density at radius 2 is 1.83 bits per heavy atom. The Hall–Kier alpha value is -2.41. The van der Waals surface area contributed by atoms with E-state index >= 15 is 0 Å². The molecule has 7 heteroatoms. The Labute approximate surface area is 180 Å². The molecule has 1 atom stereocenters. The Bertz CT molecular complexity index is 1040. The van der Waals surface area contributed by atoms with Crippen LogP contribution in [0.1, 0.15) is 36.4 Å². The molecule has 2 fully saturated rings. The quantitative estimate of drug-likeness (QED) is 0.636. The van der Waals surface area contributed by atoms with Crippen molar-refractivity contribution in [3.05, 3.63) is 71.1 Å². The minimum atomic E-state index is -0.478. The van der Waals surface area contributed by atoms with Gasteiger partial charge in [-0.25, -0.2) is 4.98 Å². The van der Waals surface area contributed by atoms with Crippen molar-refractivity contribution in [3.63, 3.8) is 0 Å². The molecule has 2 aliphatic rings. The number of aromatic nitrogens is 2. The van der Waals surface area contributed by atoms with E-state index < -0.39 is 5.79 Å². The van der Waals surface area contributed by atoms with Gasteiger partial charge in [0.1, 0.15) is 5.65 Å². The molecule has 2 saturated heterocycles. The smallest absolute Gasteiger partial charge is 0.223 e. The third-order valence-electron chi connectivity index (χ3n) is 6.13. The summed E-state index contributed by atoms with van der Waals surface area (Å²) in [6.45, 7) is 2.58. The van der Waals surface area contributed by atoms with Crippen molar-refractivity contribution in [1.82, 2.24) is 14.3 Å². The van der Waals surface area contributed by atoms with Gasteiger partial charge in [-0.05, 0) is 17.7 Å². The maximum Gasteiger partial charge on any atom is 0.223 e. The third-order valence-corrected chi connectivity index (χ3v) is 6.35. The van der Waals surface area contributed by atoms with Gasteiger partial charge in [0.05, 0.1) is 23.9 Å². The second kappa shape index (κ2) is 8.02. The fourth-order valence-electron chi connectivity index (χ4n) is 4.50. The number of rotatable bonds is 4. The molecule has 0 saturated carbocycles. The molecule has 0 radical (unpaired) electrons. The van der Waals surface area contributed by atoms with Gasteiger partial charge >= 0.3 is 0 Å². The average molecular weight is 426 g/mol. The molecule has 1 aromatic carbocycles. The summed E-state index contributed by atoms with van der Waals surface area (Å²) in [5.41, 5.74) is 2.87. The normalized spacial score (nSPS) is 19.4. The highest BCUT2D eigenvalue weighted by atomic mass is 35.5. The van der Waals surface area contributed by atoms with Crippen molar-refractivity contribution < 1.29 is 14.3 Å². The van der Waals surface area contributed by atoms with Crippen molar-refractivity contribution >= 4 is 23.2 Å². The summed E-state index contributed by atoms with van der Waals surface area (Å²) in [6, 6.07) is 13.8. The van der Waals surface area contributed by atoms with E-state index in [-0.39, 0.29) is 11.8 Å². The number of hydrogen-bond acceptors (Lipinski definition) is 4. The first-order valence-corrected chi connectivity index (χ1v) is 10.7. The molecule has 0 aliphatic carbocycles. The number of likely N-dealkylation sites (tertiary alicyclic amines) is 1. The van der Waals surface area contributed by atoms with Crippen LogP contribution in [0.25, 0.3) is 5.65 Å². The molecule has 156 valence electrons. The first kappa shape index (κ1) is 19.5. The van der Waals surface area contributed by atoms with Crippen molar-refractivity contribution in [2.75, 3.05) is 26.3 Å². The van der Waals surface area contributed by atoms with Gasteiger partial charge in [0.15, 0.2) is 5.79 Å². The zero-order valence-corrected chi connectivity index (χ0v) is 17.4. The summed E-state index contributed by atoms with van der Waals surface area (Å²) in [5.74, 6) is -0.454. The molecule has 3 aromatic rings. The van der Waals surface area contributed by atoms with Crippen LogP contribution in [0.3, 0.4) is 0 Å². The second-order valence-electron chi connectivity index (χ2n) is 7.91. The number of halogens is 1. The van der Waals surface area contributed by atoms with Crippen LogP contribution < -0.4 is 0 Å². The maximum atomic E-state index is 13.3. The molecule has 1 amide bonds. The first-order chi connectivity index (χ1) is 14.6. The number of hydrogen-bond donors (Lipinski definition) is 0. The number of carbonyl (C=O) groups is 1. The topological polar surface area (TPSA) is 56.1 Å². The highest BCUT2D eigenvalue weighted by molar-refractivity contribution is 6.30. The van der Waals surface area contributed by atoms with Gasteiger partial charge < -0.3 is 18.8 Å².